The van der Waals surface area contributed by atoms with Crippen molar-refractivity contribution >= 4 is 17.5 Å². The first-order chi connectivity index (χ1) is 11.5. The molecule has 0 radical (unpaired) electrons. The van der Waals surface area contributed by atoms with Crippen LogP contribution in [0.3, 0.4) is 0 Å². The maximum Gasteiger partial charge on any atom is 0.234 e. The Hall–Kier alpha value is -2.11. The lowest BCUT2D eigenvalue weighted by atomic mass is 10.2. The van der Waals surface area contributed by atoms with E-state index in [1.165, 1.54) is 12.1 Å². The van der Waals surface area contributed by atoms with Gasteiger partial charge in [-0.15, -0.1) is 0 Å². The minimum Gasteiger partial charge on any atom is -0.492 e. The molecule has 0 aliphatic rings. The van der Waals surface area contributed by atoms with Crippen molar-refractivity contribution in [3.8, 4) is 5.75 Å². The molecule has 2 aromatic carbocycles. The van der Waals surface area contributed by atoms with Crippen LogP contribution in [0.1, 0.15) is 5.56 Å². The Morgan fingerprint density at radius 3 is 2.50 bits per heavy atom. The summed E-state index contributed by atoms with van der Waals surface area (Å²) in [6.07, 6.45) is 0. The first-order valence-electron chi connectivity index (χ1n) is 7.61. The highest BCUT2D eigenvalue weighted by molar-refractivity contribution is 6.30. The zero-order valence-corrected chi connectivity index (χ0v) is 14.2. The van der Waals surface area contributed by atoms with E-state index in [0.717, 1.165) is 11.3 Å². The summed E-state index contributed by atoms with van der Waals surface area (Å²) < 4.78 is 18.4. The molecule has 0 saturated carbocycles. The summed E-state index contributed by atoms with van der Waals surface area (Å²) >= 11 is 5.81. The smallest absolute Gasteiger partial charge is 0.234 e. The predicted octanol–water partition coefficient (Wildman–Crippen LogP) is 3.11. The minimum absolute atomic E-state index is 0.0895. The van der Waals surface area contributed by atoms with Gasteiger partial charge in [-0.2, -0.15) is 0 Å². The average Bonchev–Trinajstić information content (AvgIpc) is 2.56. The van der Waals surface area contributed by atoms with E-state index in [0.29, 0.717) is 24.7 Å². The summed E-state index contributed by atoms with van der Waals surface area (Å²) in [5, 5.41) is 3.47. The Labute approximate surface area is 146 Å². The van der Waals surface area contributed by atoms with Crippen molar-refractivity contribution in [1.29, 1.82) is 0 Å². The third kappa shape index (κ3) is 6.56. The highest BCUT2D eigenvalue weighted by Gasteiger charge is 2.06. The fourth-order valence-electron chi connectivity index (χ4n) is 2.03. The molecule has 2 aromatic rings. The van der Waals surface area contributed by atoms with Crippen molar-refractivity contribution in [2.45, 2.75) is 6.54 Å². The van der Waals surface area contributed by atoms with Gasteiger partial charge in [0.1, 0.15) is 18.2 Å². The lowest BCUT2D eigenvalue weighted by Gasteiger charge is -2.16. The van der Waals surface area contributed by atoms with Crippen LogP contribution in [0, 0.1) is 5.82 Å². The Balaban J connectivity index is 1.64. The van der Waals surface area contributed by atoms with E-state index in [-0.39, 0.29) is 18.3 Å². The maximum absolute atomic E-state index is 12.8. The van der Waals surface area contributed by atoms with Crippen molar-refractivity contribution in [3.05, 3.63) is 64.9 Å². The van der Waals surface area contributed by atoms with Gasteiger partial charge >= 0.3 is 0 Å². The number of carbonyl (C=O) groups is 1. The molecule has 0 heterocycles. The summed E-state index contributed by atoms with van der Waals surface area (Å²) in [5.74, 6) is 0.368. The SMILES string of the molecule is CN(CCOc1ccc(Cl)cc1)CC(=O)NCc1ccc(F)cc1. The normalized spacial score (nSPS) is 10.7. The molecule has 1 N–H and O–H groups in total. The van der Waals surface area contributed by atoms with Crippen LogP contribution < -0.4 is 10.1 Å². The molecule has 4 nitrogen and oxygen atoms in total. The summed E-state index contributed by atoms with van der Waals surface area (Å²) in [7, 11) is 1.85. The van der Waals surface area contributed by atoms with Gasteiger partial charge in [-0.1, -0.05) is 23.7 Å². The average molecular weight is 351 g/mol. The van der Waals surface area contributed by atoms with Crippen LogP contribution in [0.4, 0.5) is 4.39 Å². The lowest BCUT2D eigenvalue weighted by Crippen LogP contribution is -2.36. The molecule has 2 rings (SSSR count). The first-order valence-corrected chi connectivity index (χ1v) is 7.99. The number of halogens is 2. The standard InChI is InChI=1S/C18H20ClFN2O2/c1-22(10-11-24-17-8-4-15(19)5-9-17)13-18(23)21-12-14-2-6-16(20)7-3-14/h2-9H,10-13H2,1H3,(H,21,23). The Morgan fingerprint density at radius 2 is 1.83 bits per heavy atom. The highest BCUT2D eigenvalue weighted by Crippen LogP contribution is 2.15. The van der Waals surface area contributed by atoms with Crippen molar-refractivity contribution < 1.29 is 13.9 Å². The van der Waals surface area contributed by atoms with E-state index >= 15 is 0 Å². The van der Waals surface area contributed by atoms with Gasteiger partial charge in [-0.25, -0.2) is 4.39 Å². The van der Waals surface area contributed by atoms with Crippen molar-refractivity contribution in [2.24, 2.45) is 0 Å². The van der Waals surface area contributed by atoms with Crippen LogP contribution in [-0.4, -0.2) is 37.6 Å². The number of amides is 1. The number of hydrogen-bond acceptors (Lipinski definition) is 3. The molecule has 0 unspecified atom stereocenters. The molecule has 24 heavy (non-hydrogen) atoms. The summed E-state index contributed by atoms with van der Waals surface area (Å²) in [4.78, 5) is 13.8. The second-order valence-electron chi connectivity index (χ2n) is 5.44. The zero-order valence-electron chi connectivity index (χ0n) is 13.5. The number of carbonyl (C=O) groups excluding carboxylic acids is 1. The number of hydrogen-bond donors (Lipinski definition) is 1. The summed E-state index contributed by atoms with van der Waals surface area (Å²) in [5.41, 5.74) is 0.860. The van der Waals surface area contributed by atoms with Gasteiger partial charge < -0.3 is 10.1 Å². The molecule has 0 saturated heterocycles. The number of likely N-dealkylation sites (N-methyl/N-ethyl adjacent to an activating group) is 1. The van der Waals surface area contributed by atoms with Crippen LogP contribution in [0.5, 0.6) is 5.75 Å². The number of ether oxygens (including phenoxy) is 1. The predicted molar refractivity (Wildman–Crippen MR) is 92.7 cm³/mol. The van der Waals surface area contributed by atoms with Gasteiger partial charge in [-0.05, 0) is 49.0 Å². The van der Waals surface area contributed by atoms with Crippen molar-refractivity contribution in [3.63, 3.8) is 0 Å². The molecule has 0 fully saturated rings. The minimum atomic E-state index is -0.287. The van der Waals surface area contributed by atoms with Gasteiger partial charge in [0.25, 0.3) is 0 Å². The molecule has 1 amide bonds. The van der Waals surface area contributed by atoms with Crippen LogP contribution in [0.15, 0.2) is 48.5 Å². The van der Waals surface area contributed by atoms with E-state index in [1.807, 2.05) is 11.9 Å². The van der Waals surface area contributed by atoms with E-state index in [4.69, 9.17) is 16.3 Å². The van der Waals surface area contributed by atoms with Gasteiger partial charge in [0.2, 0.25) is 5.91 Å². The van der Waals surface area contributed by atoms with Crippen molar-refractivity contribution in [1.82, 2.24) is 10.2 Å². The topological polar surface area (TPSA) is 41.6 Å². The number of nitrogens with one attached hydrogen (secondary N) is 1. The van der Waals surface area contributed by atoms with Crippen LogP contribution in [0.25, 0.3) is 0 Å². The largest absolute Gasteiger partial charge is 0.492 e. The van der Waals surface area contributed by atoms with E-state index < -0.39 is 0 Å². The van der Waals surface area contributed by atoms with Gasteiger partial charge in [0.15, 0.2) is 0 Å². The number of rotatable bonds is 8. The van der Waals surface area contributed by atoms with Crippen LogP contribution in [-0.2, 0) is 11.3 Å². The Bertz CT molecular complexity index is 647. The molecular weight excluding hydrogens is 331 g/mol. The molecule has 6 heteroatoms. The molecule has 0 aromatic heterocycles. The van der Waals surface area contributed by atoms with Gasteiger partial charge in [0, 0.05) is 18.1 Å². The van der Waals surface area contributed by atoms with Crippen molar-refractivity contribution in [2.75, 3.05) is 26.7 Å². The van der Waals surface area contributed by atoms with E-state index in [1.54, 1.807) is 36.4 Å². The van der Waals surface area contributed by atoms with Gasteiger partial charge in [0.05, 0.1) is 6.54 Å². The lowest BCUT2D eigenvalue weighted by molar-refractivity contribution is -0.122. The molecule has 128 valence electrons. The van der Waals surface area contributed by atoms with Crippen LogP contribution >= 0.6 is 11.6 Å². The zero-order chi connectivity index (χ0) is 17.4. The molecular formula is C18H20ClFN2O2. The third-order valence-electron chi connectivity index (χ3n) is 3.37. The fourth-order valence-corrected chi connectivity index (χ4v) is 2.16. The molecule has 0 bridgehead atoms. The monoisotopic (exact) mass is 350 g/mol. The maximum atomic E-state index is 12.8. The summed E-state index contributed by atoms with van der Waals surface area (Å²) in [6.45, 7) is 1.75. The molecule has 0 spiro atoms. The Kier molecular flexibility index (Phi) is 7.03. The molecule has 0 aliphatic heterocycles. The number of benzene rings is 2. The first kappa shape index (κ1) is 18.2. The second-order valence-corrected chi connectivity index (χ2v) is 5.88. The third-order valence-corrected chi connectivity index (χ3v) is 3.62. The van der Waals surface area contributed by atoms with Crippen LogP contribution in [0.2, 0.25) is 5.02 Å². The Morgan fingerprint density at radius 1 is 1.17 bits per heavy atom. The highest BCUT2D eigenvalue weighted by atomic mass is 35.5. The number of nitrogens with zero attached hydrogens (tertiary/aromatic N) is 1. The molecule has 0 aliphatic carbocycles. The van der Waals surface area contributed by atoms with E-state index in [2.05, 4.69) is 5.32 Å². The fraction of sp³-hybridized carbons (Fsp3) is 0.278. The molecule has 0 atom stereocenters. The van der Waals surface area contributed by atoms with Gasteiger partial charge in [-0.3, -0.25) is 9.69 Å². The summed E-state index contributed by atoms with van der Waals surface area (Å²) in [6, 6.07) is 13.2. The second kappa shape index (κ2) is 9.25. The van der Waals surface area contributed by atoms with E-state index in [9.17, 15) is 9.18 Å². The quantitative estimate of drug-likeness (QED) is 0.795.